The van der Waals surface area contributed by atoms with Crippen LogP contribution in [0.4, 0.5) is 0 Å². The van der Waals surface area contributed by atoms with Crippen LogP contribution < -0.4 is 0 Å². The first-order chi connectivity index (χ1) is 15.5. The molecule has 1 atom stereocenters. The van der Waals surface area contributed by atoms with Crippen LogP contribution in [-0.4, -0.2) is 76.7 Å². The molecule has 0 rings (SSSR count). The van der Waals surface area contributed by atoms with E-state index < -0.39 is 10.4 Å². The molecule has 0 aromatic heterocycles. The van der Waals surface area contributed by atoms with Crippen molar-refractivity contribution in [3.63, 3.8) is 0 Å². The lowest BCUT2D eigenvalue weighted by Gasteiger charge is -2.26. The quantitative estimate of drug-likeness (QED) is 0.0928. The molecule has 0 spiro atoms. The first kappa shape index (κ1) is 34.9. The number of aliphatic hydroxyl groups excluding tert-OH is 1. The van der Waals surface area contributed by atoms with Crippen LogP contribution in [0.3, 0.4) is 0 Å². The summed E-state index contributed by atoms with van der Waals surface area (Å²) in [7, 11) is 2.68. The van der Waals surface area contributed by atoms with E-state index >= 15 is 0 Å². The van der Waals surface area contributed by atoms with Crippen molar-refractivity contribution in [2.75, 3.05) is 48.0 Å². The molecule has 0 saturated carbocycles. The summed E-state index contributed by atoms with van der Waals surface area (Å²) in [5.41, 5.74) is 0. The van der Waals surface area contributed by atoms with Crippen molar-refractivity contribution in [1.29, 1.82) is 0 Å². The van der Waals surface area contributed by atoms with Crippen LogP contribution in [0.1, 0.15) is 110 Å². The number of quaternary nitrogens is 1. The lowest BCUT2D eigenvalue weighted by Crippen LogP contribution is -2.43. The van der Waals surface area contributed by atoms with Crippen LogP contribution in [0.5, 0.6) is 0 Å². The molecule has 0 aliphatic carbocycles. The van der Waals surface area contributed by atoms with Crippen molar-refractivity contribution >= 4 is 10.4 Å². The Balaban J connectivity index is 0. The van der Waals surface area contributed by atoms with E-state index in [4.69, 9.17) is 4.74 Å². The number of likely N-dealkylation sites (N-methyl/N-ethyl adjacent to an activating group) is 1. The fraction of sp³-hybridized carbons (Fsp3) is 1.00. The number of unbranched alkanes of at least 4 members (excludes halogenated alkanes) is 15. The van der Waals surface area contributed by atoms with Gasteiger partial charge in [-0.05, 0) is 6.42 Å². The summed E-state index contributed by atoms with van der Waals surface area (Å²) in [6.07, 6.45) is 22.0. The Morgan fingerprint density at radius 2 is 1.09 bits per heavy atom. The lowest BCUT2D eigenvalue weighted by molar-refractivity contribution is -0.873. The molecule has 0 aromatic carbocycles. The highest BCUT2D eigenvalue weighted by Crippen LogP contribution is 2.13. The molecular weight excluding hydrogens is 442 g/mol. The number of rotatable bonds is 22. The highest BCUT2D eigenvalue weighted by atomic mass is 32.3. The summed E-state index contributed by atoms with van der Waals surface area (Å²) in [6, 6.07) is 0. The minimum atomic E-state index is -4.41. The van der Waals surface area contributed by atoms with Crippen LogP contribution in [0, 0.1) is 0 Å². The number of hydrogen-bond donors (Lipinski definition) is 1. The monoisotopic (exact) mass is 497 g/mol. The van der Waals surface area contributed by atoms with Gasteiger partial charge in [-0.1, -0.05) is 103 Å². The van der Waals surface area contributed by atoms with E-state index in [1.54, 1.807) is 0 Å². The van der Waals surface area contributed by atoms with Gasteiger partial charge in [0.25, 0.3) is 0 Å². The normalized spacial score (nSPS) is 12.9. The molecule has 0 bridgehead atoms. The minimum Gasteiger partial charge on any atom is -0.726 e. The van der Waals surface area contributed by atoms with Crippen molar-refractivity contribution in [2.24, 2.45) is 0 Å². The Bertz CT molecular complexity index is 494. The minimum absolute atomic E-state index is 0.342. The molecule has 0 aliphatic heterocycles. The van der Waals surface area contributed by atoms with Crippen LogP contribution in [0.15, 0.2) is 0 Å². The smallest absolute Gasteiger partial charge is 0.217 e. The molecule has 0 amide bonds. The molecule has 0 fully saturated rings. The summed E-state index contributed by atoms with van der Waals surface area (Å²) < 4.78 is 37.4. The highest BCUT2D eigenvalue weighted by molar-refractivity contribution is 7.80. The predicted molar refractivity (Wildman–Crippen MR) is 136 cm³/mol. The van der Waals surface area contributed by atoms with Gasteiger partial charge in [0.05, 0.1) is 34.9 Å². The third-order valence-electron chi connectivity index (χ3n) is 5.42. The number of nitrogens with zero attached hydrogens (tertiary/aromatic N) is 1. The van der Waals surface area contributed by atoms with E-state index in [1.165, 1.54) is 96.3 Å². The molecule has 1 N–H and O–H groups in total. The van der Waals surface area contributed by atoms with Crippen molar-refractivity contribution in [2.45, 2.75) is 116 Å². The fourth-order valence-corrected chi connectivity index (χ4v) is 3.66. The topological polar surface area (TPSA) is 95.9 Å². The Morgan fingerprint density at radius 1 is 0.758 bits per heavy atom. The van der Waals surface area contributed by atoms with Crippen molar-refractivity contribution in [1.82, 2.24) is 0 Å². The molecule has 0 radical (unpaired) electrons. The van der Waals surface area contributed by atoms with Gasteiger partial charge in [0.2, 0.25) is 10.4 Å². The summed E-state index contributed by atoms with van der Waals surface area (Å²) >= 11 is 0. The fourth-order valence-electron chi connectivity index (χ4n) is 3.66. The standard InChI is InChI=1S/C24H52NO2.CH4O4S/c1-5-6-7-8-9-10-11-12-13-14-15-16-17-18-19-20-21-27-23-24(26)22-25(2,3)4;1-5-6(2,3)4/h24,26H,5-23H2,1-4H3;1H3,(H,2,3,4)/q+1;/p-1. The zero-order chi connectivity index (χ0) is 25.4. The van der Waals surface area contributed by atoms with E-state index in [0.29, 0.717) is 6.61 Å². The lowest BCUT2D eigenvalue weighted by atomic mass is 10.0. The SMILES string of the molecule is CCCCCCCCCCCCCCCCCCOCC(O)C[N+](C)(C)C.COS(=O)(=O)[O-]. The summed E-state index contributed by atoms with van der Waals surface area (Å²) in [5, 5.41) is 9.88. The van der Waals surface area contributed by atoms with Crippen LogP contribution in [-0.2, 0) is 19.3 Å². The zero-order valence-corrected chi connectivity index (χ0v) is 23.2. The summed E-state index contributed by atoms with van der Waals surface area (Å²) in [6.45, 7) is 4.32. The molecule has 0 saturated heterocycles. The Hall–Kier alpha value is -0.250. The first-order valence-corrected chi connectivity index (χ1v) is 14.4. The second-order valence-electron chi connectivity index (χ2n) is 10.1. The Labute approximate surface area is 205 Å². The van der Waals surface area contributed by atoms with Crippen molar-refractivity contribution in [3.8, 4) is 0 Å². The van der Waals surface area contributed by atoms with E-state index in [9.17, 15) is 18.1 Å². The number of aliphatic hydroxyl groups is 1. The van der Waals surface area contributed by atoms with E-state index in [1.807, 2.05) is 0 Å². The van der Waals surface area contributed by atoms with Gasteiger partial charge in [-0.3, -0.25) is 4.18 Å². The molecule has 8 heteroatoms. The average molecular weight is 498 g/mol. The van der Waals surface area contributed by atoms with Crippen LogP contribution in [0.25, 0.3) is 0 Å². The predicted octanol–water partition coefficient (Wildman–Crippen LogP) is 5.42. The molecular formula is C25H55NO6S. The number of ether oxygens (including phenoxy) is 1. The molecule has 7 nitrogen and oxygen atoms in total. The highest BCUT2D eigenvalue weighted by Gasteiger charge is 2.15. The maximum Gasteiger partial charge on any atom is 0.217 e. The van der Waals surface area contributed by atoms with Gasteiger partial charge in [-0.2, -0.15) is 0 Å². The maximum absolute atomic E-state index is 9.88. The molecule has 1 unspecified atom stereocenters. The van der Waals surface area contributed by atoms with Crippen LogP contribution in [0.2, 0.25) is 0 Å². The van der Waals surface area contributed by atoms with E-state index in [-0.39, 0.29) is 6.10 Å². The average Bonchev–Trinajstić information content (AvgIpc) is 2.71. The molecule has 0 aliphatic rings. The summed E-state index contributed by atoms with van der Waals surface area (Å²) in [5.74, 6) is 0. The maximum atomic E-state index is 9.88. The van der Waals surface area contributed by atoms with Crippen molar-refractivity contribution < 1.29 is 31.5 Å². The first-order valence-electron chi connectivity index (χ1n) is 13.1. The van der Waals surface area contributed by atoms with Gasteiger partial charge in [-0.25, -0.2) is 8.42 Å². The molecule has 0 heterocycles. The van der Waals surface area contributed by atoms with E-state index in [0.717, 1.165) is 31.2 Å². The van der Waals surface area contributed by atoms with Crippen LogP contribution >= 0.6 is 0 Å². The van der Waals surface area contributed by atoms with Gasteiger partial charge < -0.3 is 18.9 Å². The third kappa shape index (κ3) is 36.5. The second kappa shape index (κ2) is 23.5. The Kier molecular flexibility index (Phi) is 24.9. The molecule has 33 heavy (non-hydrogen) atoms. The Morgan fingerprint density at radius 3 is 1.39 bits per heavy atom. The van der Waals surface area contributed by atoms with Gasteiger partial charge >= 0.3 is 0 Å². The van der Waals surface area contributed by atoms with Gasteiger partial charge in [0.15, 0.2) is 0 Å². The zero-order valence-electron chi connectivity index (χ0n) is 22.4. The largest absolute Gasteiger partial charge is 0.726 e. The van der Waals surface area contributed by atoms with Crippen molar-refractivity contribution in [3.05, 3.63) is 0 Å². The molecule has 202 valence electrons. The molecule has 0 aromatic rings. The van der Waals surface area contributed by atoms with Gasteiger partial charge in [0.1, 0.15) is 12.6 Å². The summed E-state index contributed by atoms with van der Waals surface area (Å²) in [4.78, 5) is 0. The number of hydrogen-bond acceptors (Lipinski definition) is 6. The second-order valence-corrected chi connectivity index (χ2v) is 11.2. The van der Waals surface area contributed by atoms with E-state index in [2.05, 4.69) is 32.2 Å². The van der Waals surface area contributed by atoms with Gasteiger partial charge in [0, 0.05) is 6.61 Å². The van der Waals surface area contributed by atoms with Gasteiger partial charge in [-0.15, -0.1) is 0 Å². The third-order valence-corrected chi connectivity index (χ3v) is 5.82.